The molecule has 2 heteroatoms. The first-order valence-electron chi connectivity index (χ1n) is 5.52. The molecule has 80 valence electrons. The smallest absolute Gasteiger partial charge is 0.0571 e. The minimum absolute atomic E-state index is 0.368. The summed E-state index contributed by atoms with van der Waals surface area (Å²) >= 11 is 0. The van der Waals surface area contributed by atoms with Crippen LogP contribution >= 0.6 is 0 Å². The van der Waals surface area contributed by atoms with Crippen LogP contribution in [0.3, 0.4) is 0 Å². The highest BCUT2D eigenvalue weighted by atomic mass is 16.5. The topological polar surface area (TPSA) is 35.2 Å². The van der Waals surface area contributed by atoms with Gasteiger partial charge in [0, 0.05) is 13.2 Å². The molecule has 0 aliphatic heterocycles. The summed E-state index contributed by atoms with van der Waals surface area (Å²) in [6.07, 6.45) is 5.39. The first kappa shape index (κ1) is 12.9. The van der Waals surface area contributed by atoms with E-state index in [2.05, 4.69) is 6.92 Å². The summed E-state index contributed by atoms with van der Waals surface area (Å²) in [5.41, 5.74) is 5.81. The van der Waals surface area contributed by atoms with Crippen molar-refractivity contribution in [3.05, 3.63) is 0 Å². The molecule has 0 bridgehead atoms. The van der Waals surface area contributed by atoms with Gasteiger partial charge in [0.25, 0.3) is 0 Å². The van der Waals surface area contributed by atoms with Crippen LogP contribution in [0.1, 0.15) is 46.5 Å². The maximum atomic E-state index is 5.81. The van der Waals surface area contributed by atoms with Crippen LogP contribution in [0.5, 0.6) is 0 Å². The summed E-state index contributed by atoms with van der Waals surface area (Å²) in [5.74, 6) is 0.737. The Kier molecular flexibility index (Phi) is 7.29. The Morgan fingerprint density at radius 3 is 1.92 bits per heavy atom. The highest BCUT2D eigenvalue weighted by Gasteiger charge is 2.22. The van der Waals surface area contributed by atoms with Gasteiger partial charge >= 0.3 is 0 Å². The molecule has 0 saturated heterocycles. The molecule has 1 aliphatic carbocycles. The second-order valence-corrected chi connectivity index (χ2v) is 3.63. The van der Waals surface area contributed by atoms with Gasteiger partial charge in [-0.25, -0.2) is 0 Å². The van der Waals surface area contributed by atoms with E-state index in [9.17, 15) is 0 Å². The Morgan fingerprint density at radius 1 is 1.15 bits per heavy atom. The predicted molar refractivity (Wildman–Crippen MR) is 57.8 cm³/mol. The fourth-order valence-corrected chi connectivity index (χ4v) is 1.85. The summed E-state index contributed by atoms with van der Waals surface area (Å²) in [5, 5.41) is 0. The van der Waals surface area contributed by atoms with Gasteiger partial charge in [-0.3, -0.25) is 0 Å². The highest BCUT2D eigenvalue weighted by molar-refractivity contribution is 4.77. The van der Waals surface area contributed by atoms with E-state index in [4.69, 9.17) is 10.5 Å². The summed E-state index contributed by atoms with van der Waals surface area (Å²) in [6.45, 7) is 6.11. The number of rotatable bonds is 2. The van der Waals surface area contributed by atoms with E-state index in [1.54, 1.807) is 7.11 Å². The summed E-state index contributed by atoms with van der Waals surface area (Å²) in [4.78, 5) is 0. The third-order valence-electron chi connectivity index (χ3n) is 2.80. The standard InChI is InChI=1S/C9H19NO.C2H6/c1-7(10)8-3-5-9(11-2)6-4-8;1-2/h7-9H,3-6,10H2,1-2H3;1-2H3. The number of methoxy groups -OCH3 is 1. The molecule has 0 aromatic rings. The van der Waals surface area contributed by atoms with Gasteiger partial charge in [-0.2, -0.15) is 0 Å². The lowest BCUT2D eigenvalue weighted by Gasteiger charge is -2.29. The van der Waals surface area contributed by atoms with Crippen molar-refractivity contribution in [2.24, 2.45) is 11.7 Å². The fraction of sp³-hybridized carbons (Fsp3) is 1.00. The quantitative estimate of drug-likeness (QED) is 0.721. The Labute approximate surface area is 82.8 Å². The van der Waals surface area contributed by atoms with Crippen LogP contribution in [0, 0.1) is 5.92 Å². The first-order valence-corrected chi connectivity index (χ1v) is 5.52. The van der Waals surface area contributed by atoms with Gasteiger partial charge in [-0.15, -0.1) is 0 Å². The van der Waals surface area contributed by atoms with Crippen molar-refractivity contribution in [3.63, 3.8) is 0 Å². The van der Waals surface area contributed by atoms with Gasteiger partial charge in [-0.05, 0) is 38.5 Å². The van der Waals surface area contributed by atoms with Crippen molar-refractivity contribution in [2.75, 3.05) is 7.11 Å². The molecule has 1 rings (SSSR count). The van der Waals surface area contributed by atoms with Crippen molar-refractivity contribution in [2.45, 2.75) is 58.6 Å². The van der Waals surface area contributed by atoms with E-state index in [0.717, 1.165) is 5.92 Å². The molecule has 1 fully saturated rings. The second-order valence-electron chi connectivity index (χ2n) is 3.63. The van der Waals surface area contributed by atoms with Crippen LogP contribution in [0.4, 0.5) is 0 Å². The molecule has 2 nitrogen and oxygen atoms in total. The largest absolute Gasteiger partial charge is 0.381 e. The van der Waals surface area contributed by atoms with Crippen LogP contribution in [0.15, 0.2) is 0 Å². The number of nitrogens with two attached hydrogens (primary N) is 1. The molecule has 0 spiro atoms. The maximum absolute atomic E-state index is 5.81. The number of hydrogen-bond donors (Lipinski definition) is 1. The molecule has 1 atom stereocenters. The van der Waals surface area contributed by atoms with Crippen LogP contribution in [-0.2, 0) is 4.74 Å². The van der Waals surface area contributed by atoms with E-state index in [0.29, 0.717) is 12.1 Å². The van der Waals surface area contributed by atoms with E-state index in [-0.39, 0.29) is 0 Å². The lowest BCUT2D eigenvalue weighted by molar-refractivity contribution is 0.0538. The lowest BCUT2D eigenvalue weighted by atomic mass is 9.83. The van der Waals surface area contributed by atoms with Crippen LogP contribution in [0.2, 0.25) is 0 Å². The molecular weight excluding hydrogens is 162 g/mol. The van der Waals surface area contributed by atoms with Gasteiger partial charge in [0.1, 0.15) is 0 Å². The molecule has 13 heavy (non-hydrogen) atoms. The summed E-state index contributed by atoms with van der Waals surface area (Å²) in [6, 6.07) is 0.368. The second kappa shape index (κ2) is 7.34. The minimum Gasteiger partial charge on any atom is -0.381 e. The van der Waals surface area contributed by atoms with Gasteiger partial charge in [0.2, 0.25) is 0 Å². The van der Waals surface area contributed by atoms with E-state index in [1.165, 1.54) is 25.7 Å². The zero-order chi connectivity index (χ0) is 10.3. The molecular formula is C11H25NO. The Morgan fingerprint density at radius 2 is 1.62 bits per heavy atom. The molecule has 1 unspecified atom stereocenters. The summed E-state index contributed by atoms with van der Waals surface area (Å²) < 4.78 is 5.28. The number of ether oxygens (including phenoxy) is 1. The Hall–Kier alpha value is -0.0800. The third kappa shape index (κ3) is 4.63. The average molecular weight is 187 g/mol. The van der Waals surface area contributed by atoms with Crippen LogP contribution in [-0.4, -0.2) is 19.3 Å². The van der Waals surface area contributed by atoms with Gasteiger partial charge in [-0.1, -0.05) is 13.8 Å². The molecule has 0 radical (unpaired) electrons. The molecule has 1 aliphatic rings. The van der Waals surface area contributed by atoms with Gasteiger partial charge in [0.05, 0.1) is 6.10 Å². The van der Waals surface area contributed by atoms with E-state index in [1.807, 2.05) is 13.8 Å². The van der Waals surface area contributed by atoms with Crippen molar-refractivity contribution < 1.29 is 4.74 Å². The van der Waals surface area contributed by atoms with Crippen molar-refractivity contribution in [1.29, 1.82) is 0 Å². The van der Waals surface area contributed by atoms with Gasteiger partial charge in [0.15, 0.2) is 0 Å². The van der Waals surface area contributed by atoms with E-state index < -0.39 is 0 Å². The molecule has 0 aromatic carbocycles. The lowest BCUT2D eigenvalue weighted by Crippen LogP contribution is -2.32. The molecule has 0 aromatic heterocycles. The molecule has 1 saturated carbocycles. The van der Waals surface area contributed by atoms with Crippen LogP contribution < -0.4 is 5.73 Å². The van der Waals surface area contributed by atoms with Crippen molar-refractivity contribution in [1.82, 2.24) is 0 Å². The zero-order valence-corrected chi connectivity index (χ0v) is 9.55. The Balaban J connectivity index is 0.000000671. The molecule has 2 N–H and O–H groups in total. The zero-order valence-electron chi connectivity index (χ0n) is 9.55. The first-order chi connectivity index (χ1) is 6.24. The van der Waals surface area contributed by atoms with Gasteiger partial charge < -0.3 is 10.5 Å². The van der Waals surface area contributed by atoms with E-state index >= 15 is 0 Å². The Bertz CT molecular complexity index is 107. The number of hydrogen-bond acceptors (Lipinski definition) is 2. The maximum Gasteiger partial charge on any atom is 0.0571 e. The predicted octanol–water partition coefficient (Wildman–Crippen LogP) is 2.57. The van der Waals surface area contributed by atoms with Crippen LogP contribution in [0.25, 0.3) is 0 Å². The molecule has 0 heterocycles. The monoisotopic (exact) mass is 187 g/mol. The average Bonchev–Trinajstić information content (AvgIpc) is 2.21. The fourth-order valence-electron chi connectivity index (χ4n) is 1.85. The molecule has 0 amide bonds. The summed E-state index contributed by atoms with van der Waals surface area (Å²) in [7, 11) is 1.80. The van der Waals surface area contributed by atoms with Crippen molar-refractivity contribution in [3.8, 4) is 0 Å². The SMILES string of the molecule is CC.COC1CCC(C(C)N)CC1. The van der Waals surface area contributed by atoms with Crippen molar-refractivity contribution >= 4 is 0 Å². The normalized spacial score (nSPS) is 30.2. The highest BCUT2D eigenvalue weighted by Crippen LogP contribution is 2.27. The third-order valence-corrected chi connectivity index (χ3v) is 2.80. The minimum atomic E-state index is 0.368.